The fourth-order valence-corrected chi connectivity index (χ4v) is 2.68. The van der Waals surface area contributed by atoms with Crippen molar-refractivity contribution < 1.29 is 9.90 Å². The topological polar surface area (TPSA) is 43.8 Å². The molecule has 1 aliphatic rings. The molecule has 19 heavy (non-hydrogen) atoms. The Morgan fingerprint density at radius 1 is 1.58 bits per heavy atom. The van der Waals surface area contributed by atoms with Crippen molar-refractivity contribution in [1.82, 2.24) is 9.80 Å². The third-order valence-electron chi connectivity index (χ3n) is 4.01. The number of nitrogens with zero attached hydrogens (tertiary/aromatic N) is 2. The Kier molecular flexibility index (Phi) is 7.10. The smallest absolute Gasteiger partial charge is 0.223 e. The van der Waals surface area contributed by atoms with E-state index in [2.05, 4.69) is 25.3 Å². The van der Waals surface area contributed by atoms with E-state index in [-0.39, 0.29) is 12.5 Å². The maximum Gasteiger partial charge on any atom is 0.223 e. The second kappa shape index (κ2) is 8.33. The van der Waals surface area contributed by atoms with E-state index in [0.717, 1.165) is 39.0 Å². The van der Waals surface area contributed by atoms with Crippen LogP contribution >= 0.6 is 0 Å². The van der Waals surface area contributed by atoms with Crippen molar-refractivity contribution in [2.75, 3.05) is 32.8 Å². The third-order valence-corrected chi connectivity index (χ3v) is 4.01. The molecule has 4 heteroatoms. The van der Waals surface area contributed by atoms with Crippen molar-refractivity contribution in [2.45, 2.75) is 39.2 Å². The summed E-state index contributed by atoms with van der Waals surface area (Å²) in [5, 5.41) is 8.94. The molecule has 110 valence electrons. The van der Waals surface area contributed by atoms with Gasteiger partial charge >= 0.3 is 0 Å². The van der Waals surface area contributed by atoms with Gasteiger partial charge in [0.15, 0.2) is 0 Å². The maximum atomic E-state index is 11.9. The molecule has 0 radical (unpaired) electrons. The van der Waals surface area contributed by atoms with Crippen LogP contribution in [0.3, 0.4) is 0 Å². The Morgan fingerprint density at radius 3 is 2.84 bits per heavy atom. The molecule has 1 amide bonds. The minimum Gasteiger partial charge on any atom is -0.395 e. The van der Waals surface area contributed by atoms with Crippen LogP contribution in [-0.4, -0.2) is 59.6 Å². The number of aliphatic hydroxyl groups excluding tert-OH is 1. The minimum atomic E-state index is 0.217. The highest BCUT2D eigenvalue weighted by molar-refractivity contribution is 5.79. The molecule has 0 saturated carbocycles. The molecule has 1 saturated heterocycles. The summed E-state index contributed by atoms with van der Waals surface area (Å²) in [5.41, 5.74) is 0. The van der Waals surface area contributed by atoms with E-state index < -0.39 is 0 Å². The molecule has 1 rings (SSSR count). The number of carbonyl (C=O) groups excluding carboxylic acids is 1. The number of amides is 1. The molecule has 4 nitrogen and oxygen atoms in total. The van der Waals surface area contributed by atoms with Crippen molar-refractivity contribution in [2.24, 2.45) is 5.92 Å². The highest BCUT2D eigenvalue weighted by Gasteiger charge is 2.30. The molecular weight excluding hydrogens is 240 g/mol. The number of aliphatic hydroxyl groups is 1. The fourth-order valence-electron chi connectivity index (χ4n) is 2.68. The van der Waals surface area contributed by atoms with Gasteiger partial charge in [0.05, 0.1) is 6.61 Å². The predicted octanol–water partition coefficient (Wildman–Crippen LogP) is 1.50. The molecule has 0 aromatic heterocycles. The lowest BCUT2D eigenvalue weighted by Crippen LogP contribution is -2.35. The molecular formula is C15H28N2O2. The standard InChI is InChI=1S/C15H28N2O2/c1-4-14-11-15(19)17(12-14)13(3)7-6-8-16(5-2)9-10-18/h4,13-14,18H,1,5-12H2,2-3H3. The first-order chi connectivity index (χ1) is 9.12. The van der Waals surface area contributed by atoms with E-state index in [1.165, 1.54) is 0 Å². The average Bonchev–Trinajstić information content (AvgIpc) is 2.79. The van der Waals surface area contributed by atoms with Gasteiger partial charge in [-0.3, -0.25) is 4.79 Å². The summed E-state index contributed by atoms with van der Waals surface area (Å²) in [4.78, 5) is 16.1. The van der Waals surface area contributed by atoms with Crippen molar-refractivity contribution in [3.05, 3.63) is 12.7 Å². The molecule has 2 unspecified atom stereocenters. The highest BCUT2D eigenvalue weighted by atomic mass is 16.3. The minimum absolute atomic E-state index is 0.217. The molecule has 0 aromatic carbocycles. The van der Waals surface area contributed by atoms with E-state index in [9.17, 15) is 4.79 Å². The molecule has 2 atom stereocenters. The van der Waals surface area contributed by atoms with Gasteiger partial charge in [-0.15, -0.1) is 6.58 Å². The van der Waals surface area contributed by atoms with Crippen LogP contribution in [0.25, 0.3) is 0 Å². The quantitative estimate of drug-likeness (QED) is 0.645. The average molecular weight is 268 g/mol. The Labute approximate surface area is 117 Å². The molecule has 0 bridgehead atoms. The van der Waals surface area contributed by atoms with E-state index in [4.69, 9.17) is 5.11 Å². The fraction of sp³-hybridized carbons (Fsp3) is 0.800. The van der Waals surface area contributed by atoms with Crippen LogP contribution in [0.1, 0.15) is 33.1 Å². The van der Waals surface area contributed by atoms with Gasteiger partial charge in [0.2, 0.25) is 5.91 Å². The Hall–Kier alpha value is -0.870. The lowest BCUT2D eigenvalue weighted by molar-refractivity contribution is -0.129. The molecule has 1 aliphatic heterocycles. The van der Waals surface area contributed by atoms with Crippen LogP contribution in [0.2, 0.25) is 0 Å². The van der Waals surface area contributed by atoms with E-state index in [0.29, 0.717) is 18.4 Å². The summed E-state index contributed by atoms with van der Waals surface area (Å²) in [5.74, 6) is 0.594. The van der Waals surface area contributed by atoms with Crippen LogP contribution in [-0.2, 0) is 4.79 Å². The summed E-state index contributed by atoms with van der Waals surface area (Å²) >= 11 is 0. The van der Waals surface area contributed by atoms with Crippen molar-refractivity contribution in [1.29, 1.82) is 0 Å². The monoisotopic (exact) mass is 268 g/mol. The van der Waals surface area contributed by atoms with Gasteiger partial charge < -0.3 is 14.9 Å². The normalized spacial score (nSPS) is 21.2. The number of carbonyl (C=O) groups is 1. The number of likely N-dealkylation sites (N-methyl/N-ethyl adjacent to an activating group) is 1. The lowest BCUT2D eigenvalue weighted by Gasteiger charge is -2.26. The number of hydrogen-bond acceptors (Lipinski definition) is 3. The molecule has 0 aliphatic carbocycles. The molecule has 0 aromatic rings. The van der Waals surface area contributed by atoms with Gasteiger partial charge in [-0.2, -0.15) is 0 Å². The van der Waals surface area contributed by atoms with Crippen LogP contribution in [0, 0.1) is 5.92 Å². The Balaban J connectivity index is 2.29. The first-order valence-electron chi connectivity index (χ1n) is 7.37. The van der Waals surface area contributed by atoms with E-state index >= 15 is 0 Å². The Morgan fingerprint density at radius 2 is 2.32 bits per heavy atom. The first kappa shape index (κ1) is 16.2. The second-order valence-corrected chi connectivity index (χ2v) is 5.40. The number of rotatable bonds is 9. The zero-order valence-electron chi connectivity index (χ0n) is 12.3. The van der Waals surface area contributed by atoms with E-state index in [1.54, 1.807) is 0 Å². The molecule has 1 heterocycles. The highest BCUT2D eigenvalue weighted by Crippen LogP contribution is 2.22. The second-order valence-electron chi connectivity index (χ2n) is 5.40. The van der Waals surface area contributed by atoms with Crippen LogP contribution < -0.4 is 0 Å². The first-order valence-corrected chi connectivity index (χ1v) is 7.37. The number of hydrogen-bond donors (Lipinski definition) is 1. The van der Waals surface area contributed by atoms with Crippen molar-refractivity contribution >= 4 is 5.91 Å². The van der Waals surface area contributed by atoms with Gasteiger partial charge in [0.1, 0.15) is 0 Å². The van der Waals surface area contributed by atoms with E-state index in [1.807, 2.05) is 11.0 Å². The molecule has 1 N–H and O–H groups in total. The van der Waals surface area contributed by atoms with Gasteiger partial charge in [0, 0.05) is 31.5 Å². The number of likely N-dealkylation sites (tertiary alicyclic amines) is 1. The van der Waals surface area contributed by atoms with Gasteiger partial charge in [-0.25, -0.2) is 0 Å². The molecule has 0 spiro atoms. The zero-order valence-corrected chi connectivity index (χ0v) is 12.3. The largest absolute Gasteiger partial charge is 0.395 e. The third kappa shape index (κ3) is 4.96. The summed E-state index contributed by atoms with van der Waals surface area (Å²) in [6.45, 7) is 11.8. The van der Waals surface area contributed by atoms with Crippen molar-refractivity contribution in [3.63, 3.8) is 0 Å². The van der Waals surface area contributed by atoms with Gasteiger partial charge in [-0.05, 0) is 32.9 Å². The van der Waals surface area contributed by atoms with Crippen LogP contribution in [0.4, 0.5) is 0 Å². The lowest BCUT2D eigenvalue weighted by atomic mass is 10.1. The van der Waals surface area contributed by atoms with Gasteiger partial charge in [-0.1, -0.05) is 13.0 Å². The summed E-state index contributed by atoms with van der Waals surface area (Å²) in [6.07, 6.45) is 4.61. The van der Waals surface area contributed by atoms with Crippen molar-refractivity contribution in [3.8, 4) is 0 Å². The summed E-state index contributed by atoms with van der Waals surface area (Å²) < 4.78 is 0. The zero-order chi connectivity index (χ0) is 14.3. The maximum absolute atomic E-state index is 11.9. The predicted molar refractivity (Wildman–Crippen MR) is 77.9 cm³/mol. The molecule has 1 fully saturated rings. The van der Waals surface area contributed by atoms with Crippen LogP contribution in [0.5, 0.6) is 0 Å². The SMILES string of the molecule is C=CC1CC(=O)N(C(C)CCCN(CC)CCO)C1. The van der Waals surface area contributed by atoms with Gasteiger partial charge in [0.25, 0.3) is 0 Å². The summed E-state index contributed by atoms with van der Waals surface area (Å²) in [7, 11) is 0. The Bertz CT molecular complexity index is 294. The van der Waals surface area contributed by atoms with Crippen LogP contribution in [0.15, 0.2) is 12.7 Å². The summed E-state index contributed by atoms with van der Waals surface area (Å²) in [6, 6.07) is 0.310.